The predicted octanol–water partition coefficient (Wildman–Crippen LogP) is 3.66. The third-order valence-electron chi connectivity index (χ3n) is 2.11. The summed E-state index contributed by atoms with van der Waals surface area (Å²) in [6.45, 7) is 0. The Kier molecular flexibility index (Phi) is 2.26. The smallest absolute Gasteiger partial charge is 0.361 e. The number of para-hydroxylation sites is 1. The van der Waals surface area contributed by atoms with E-state index in [1.807, 2.05) is 0 Å². The van der Waals surface area contributed by atoms with Crippen LogP contribution in [0.1, 0.15) is 11.1 Å². The van der Waals surface area contributed by atoms with Crippen LogP contribution in [0.4, 0.5) is 18.9 Å². The van der Waals surface area contributed by atoms with E-state index in [0.717, 1.165) is 6.07 Å². The van der Waals surface area contributed by atoms with Crippen LogP contribution in [0.15, 0.2) is 36.6 Å². The maximum Gasteiger partial charge on any atom is 0.418 e. The third kappa shape index (κ3) is 1.88. The molecular weight excluding hydrogens is 203 g/mol. The normalized spacial score (nSPS) is 14.3. The van der Waals surface area contributed by atoms with Crippen molar-refractivity contribution in [2.45, 2.75) is 6.18 Å². The first-order valence-corrected chi connectivity index (χ1v) is 4.39. The van der Waals surface area contributed by atoms with Crippen LogP contribution in [0.25, 0.3) is 6.08 Å². The molecule has 0 aliphatic carbocycles. The lowest BCUT2D eigenvalue weighted by molar-refractivity contribution is -0.136. The molecule has 0 saturated carbocycles. The van der Waals surface area contributed by atoms with Gasteiger partial charge in [-0.3, -0.25) is 0 Å². The quantitative estimate of drug-likeness (QED) is 0.690. The summed E-state index contributed by atoms with van der Waals surface area (Å²) in [5, 5.41) is 2.64. The zero-order valence-electron chi connectivity index (χ0n) is 7.68. The van der Waals surface area contributed by atoms with Gasteiger partial charge in [0, 0.05) is 6.20 Å². The molecular formula is C11H8F3N. The largest absolute Gasteiger partial charge is 0.418 e. The van der Waals surface area contributed by atoms with Crippen LogP contribution in [0.5, 0.6) is 0 Å². The molecule has 0 radical (unpaired) electrons. The average molecular weight is 211 g/mol. The Morgan fingerprint density at radius 3 is 2.60 bits per heavy atom. The van der Waals surface area contributed by atoms with Crippen LogP contribution < -0.4 is 5.32 Å². The fourth-order valence-corrected chi connectivity index (χ4v) is 1.45. The second-order valence-electron chi connectivity index (χ2n) is 3.13. The molecule has 1 aromatic carbocycles. The number of hydrogen-bond donors (Lipinski definition) is 1. The highest BCUT2D eigenvalue weighted by Crippen LogP contribution is 2.37. The number of fused-ring (bicyclic) bond motifs is 1. The standard InChI is InChI=1S/C11H8F3N/c12-11(13,14)9-6-3-5-8-4-1-2-7-15-10(8)9/h1-7,15H. The number of nitrogens with one attached hydrogen (secondary N) is 1. The van der Waals surface area contributed by atoms with E-state index in [2.05, 4.69) is 5.32 Å². The Hall–Kier alpha value is -1.71. The summed E-state index contributed by atoms with van der Waals surface area (Å²) < 4.78 is 37.9. The SMILES string of the molecule is FC(F)(F)c1cccc2c1NC=CC=C2. The second kappa shape index (κ2) is 3.46. The molecule has 1 aliphatic rings. The molecule has 1 aliphatic heterocycles. The topological polar surface area (TPSA) is 12.0 Å². The van der Waals surface area contributed by atoms with Crippen LogP contribution in [-0.2, 0) is 6.18 Å². The minimum atomic E-state index is -4.33. The molecule has 15 heavy (non-hydrogen) atoms. The molecule has 1 N–H and O–H groups in total. The molecule has 1 aromatic rings. The average Bonchev–Trinajstić information content (AvgIpc) is 2.39. The first kappa shape index (κ1) is 9.83. The van der Waals surface area contributed by atoms with Crippen molar-refractivity contribution in [1.29, 1.82) is 0 Å². The second-order valence-corrected chi connectivity index (χ2v) is 3.13. The van der Waals surface area contributed by atoms with E-state index < -0.39 is 11.7 Å². The number of alkyl halides is 3. The summed E-state index contributed by atoms with van der Waals surface area (Å²) in [4.78, 5) is 0. The van der Waals surface area contributed by atoms with Crippen LogP contribution in [-0.4, -0.2) is 0 Å². The molecule has 0 bridgehead atoms. The summed E-state index contributed by atoms with van der Waals surface area (Å²) in [7, 11) is 0. The van der Waals surface area contributed by atoms with Gasteiger partial charge in [-0.1, -0.05) is 24.3 Å². The number of allylic oxidation sites excluding steroid dienone is 2. The van der Waals surface area contributed by atoms with E-state index in [1.54, 1.807) is 24.3 Å². The van der Waals surface area contributed by atoms with Gasteiger partial charge < -0.3 is 5.32 Å². The maximum absolute atomic E-state index is 12.6. The van der Waals surface area contributed by atoms with Gasteiger partial charge in [0.25, 0.3) is 0 Å². The van der Waals surface area contributed by atoms with Gasteiger partial charge in [-0.15, -0.1) is 0 Å². The molecule has 4 heteroatoms. The molecule has 0 atom stereocenters. The highest BCUT2D eigenvalue weighted by Gasteiger charge is 2.33. The van der Waals surface area contributed by atoms with Gasteiger partial charge in [0.15, 0.2) is 0 Å². The van der Waals surface area contributed by atoms with Gasteiger partial charge in [0.1, 0.15) is 0 Å². The number of benzene rings is 1. The van der Waals surface area contributed by atoms with E-state index in [1.165, 1.54) is 12.3 Å². The van der Waals surface area contributed by atoms with Crippen molar-refractivity contribution in [3.05, 3.63) is 47.7 Å². The number of halogens is 3. The number of hydrogen-bond acceptors (Lipinski definition) is 1. The predicted molar refractivity (Wildman–Crippen MR) is 53.2 cm³/mol. The molecule has 0 saturated heterocycles. The van der Waals surface area contributed by atoms with Crippen LogP contribution in [0, 0.1) is 0 Å². The van der Waals surface area contributed by atoms with Gasteiger partial charge >= 0.3 is 6.18 Å². The first-order chi connectivity index (χ1) is 7.09. The number of anilines is 1. The maximum atomic E-state index is 12.6. The first-order valence-electron chi connectivity index (χ1n) is 4.39. The fraction of sp³-hybridized carbons (Fsp3) is 0.0909. The fourth-order valence-electron chi connectivity index (χ4n) is 1.45. The minimum absolute atomic E-state index is 0.106. The molecule has 0 spiro atoms. The summed E-state index contributed by atoms with van der Waals surface area (Å²) in [6.07, 6.45) is 2.14. The zero-order valence-corrected chi connectivity index (χ0v) is 7.68. The van der Waals surface area contributed by atoms with Crippen LogP contribution in [0.2, 0.25) is 0 Å². The highest BCUT2D eigenvalue weighted by molar-refractivity contribution is 5.73. The van der Waals surface area contributed by atoms with Crippen LogP contribution >= 0.6 is 0 Å². The third-order valence-corrected chi connectivity index (χ3v) is 2.11. The number of rotatable bonds is 0. The van der Waals surface area contributed by atoms with Gasteiger partial charge in [0.05, 0.1) is 11.3 Å². The summed E-state index contributed by atoms with van der Waals surface area (Å²) in [6, 6.07) is 4.11. The Balaban J connectivity index is 2.60. The molecule has 0 aromatic heterocycles. The Labute approximate surface area is 84.9 Å². The van der Waals surface area contributed by atoms with E-state index >= 15 is 0 Å². The summed E-state index contributed by atoms with van der Waals surface area (Å²) in [5.74, 6) is 0. The molecule has 0 fully saturated rings. The van der Waals surface area contributed by atoms with Gasteiger partial charge in [-0.2, -0.15) is 13.2 Å². The van der Waals surface area contributed by atoms with Gasteiger partial charge in [-0.05, 0) is 17.7 Å². The lowest BCUT2D eigenvalue weighted by atomic mass is 10.1. The van der Waals surface area contributed by atoms with E-state index in [-0.39, 0.29) is 5.69 Å². The van der Waals surface area contributed by atoms with E-state index in [9.17, 15) is 13.2 Å². The van der Waals surface area contributed by atoms with E-state index in [0.29, 0.717) is 5.56 Å². The molecule has 0 unspecified atom stereocenters. The summed E-state index contributed by atoms with van der Waals surface area (Å²) >= 11 is 0. The monoisotopic (exact) mass is 211 g/mol. The molecule has 1 heterocycles. The highest BCUT2D eigenvalue weighted by atomic mass is 19.4. The summed E-state index contributed by atoms with van der Waals surface area (Å²) in [5.41, 5.74) is 0.000949. The minimum Gasteiger partial charge on any atom is -0.361 e. The Bertz CT molecular complexity index is 430. The van der Waals surface area contributed by atoms with Crippen molar-refractivity contribution in [3.63, 3.8) is 0 Å². The molecule has 0 amide bonds. The van der Waals surface area contributed by atoms with Crippen molar-refractivity contribution in [1.82, 2.24) is 0 Å². The van der Waals surface area contributed by atoms with Gasteiger partial charge in [-0.25, -0.2) is 0 Å². The van der Waals surface area contributed by atoms with E-state index in [4.69, 9.17) is 0 Å². The van der Waals surface area contributed by atoms with Crippen molar-refractivity contribution >= 4 is 11.8 Å². The van der Waals surface area contributed by atoms with Crippen molar-refractivity contribution < 1.29 is 13.2 Å². The molecule has 2 rings (SSSR count). The molecule has 78 valence electrons. The molecule has 1 nitrogen and oxygen atoms in total. The lowest BCUT2D eigenvalue weighted by Crippen LogP contribution is -2.09. The van der Waals surface area contributed by atoms with Crippen molar-refractivity contribution in [2.24, 2.45) is 0 Å². The van der Waals surface area contributed by atoms with Crippen molar-refractivity contribution in [3.8, 4) is 0 Å². The zero-order chi connectivity index (χ0) is 10.9. The Morgan fingerprint density at radius 2 is 1.87 bits per heavy atom. The van der Waals surface area contributed by atoms with Crippen LogP contribution in [0.3, 0.4) is 0 Å². The van der Waals surface area contributed by atoms with Gasteiger partial charge in [0.2, 0.25) is 0 Å². The van der Waals surface area contributed by atoms with Crippen molar-refractivity contribution in [2.75, 3.05) is 5.32 Å². The Morgan fingerprint density at radius 1 is 1.07 bits per heavy atom. The lowest BCUT2D eigenvalue weighted by Gasteiger charge is -2.14.